The largest absolute Gasteiger partial charge is 0.383 e. The summed E-state index contributed by atoms with van der Waals surface area (Å²) in [6.07, 6.45) is 2.70. The van der Waals surface area contributed by atoms with Gasteiger partial charge in [-0.25, -0.2) is 13.1 Å². The van der Waals surface area contributed by atoms with Crippen molar-refractivity contribution >= 4 is 10.0 Å². The predicted octanol–water partition coefficient (Wildman–Crippen LogP) is 0.332. The van der Waals surface area contributed by atoms with Crippen molar-refractivity contribution in [2.24, 2.45) is 0 Å². The molecule has 0 aliphatic rings. The fourth-order valence-corrected chi connectivity index (χ4v) is 2.34. The van der Waals surface area contributed by atoms with Crippen LogP contribution < -0.4 is 10.0 Å². The molecule has 0 unspecified atom stereocenters. The van der Waals surface area contributed by atoms with Gasteiger partial charge in [0.2, 0.25) is 10.0 Å². The first kappa shape index (κ1) is 15.8. The van der Waals surface area contributed by atoms with Gasteiger partial charge in [0.15, 0.2) is 0 Å². The van der Waals surface area contributed by atoms with Gasteiger partial charge in [-0.3, -0.25) is 0 Å². The Kier molecular flexibility index (Phi) is 9.91. The molecule has 16 heavy (non-hydrogen) atoms. The Labute approximate surface area is 99.0 Å². The molecule has 0 fully saturated rings. The van der Waals surface area contributed by atoms with E-state index in [1.807, 2.05) is 0 Å². The Bertz CT molecular complexity index is 242. The number of ether oxygens (including phenoxy) is 1. The smallest absolute Gasteiger partial charge is 0.211 e. The third-order valence-corrected chi connectivity index (χ3v) is 3.54. The second-order valence-corrected chi connectivity index (χ2v) is 5.59. The van der Waals surface area contributed by atoms with Crippen molar-refractivity contribution in [3.63, 3.8) is 0 Å². The summed E-state index contributed by atoms with van der Waals surface area (Å²) in [4.78, 5) is 0. The standard InChI is InChI=1S/C10H24N2O3S/c1-3-6-11-7-4-5-10-16(13,14)12-8-9-15-2/h11-12H,3-10H2,1-2H3. The molecular weight excluding hydrogens is 228 g/mol. The third-order valence-electron chi connectivity index (χ3n) is 2.07. The molecule has 0 atom stereocenters. The highest BCUT2D eigenvalue weighted by molar-refractivity contribution is 7.89. The first-order chi connectivity index (χ1) is 7.62. The van der Waals surface area contributed by atoms with Crippen LogP contribution in [0.2, 0.25) is 0 Å². The normalized spacial score (nSPS) is 11.9. The summed E-state index contributed by atoms with van der Waals surface area (Å²) in [6, 6.07) is 0. The molecule has 5 nitrogen and oxygen atoms in total. The summed E-state index contributed by atoms with van der Waals surface area (Å²) in [7, 11) is -1.56. The van der Waals surface area contributed by atoms with Crippen LogP contribution in [-0.2, 0) is 14.8 Å². The molecule has 0 spiro atoms. The van der Waals surface area contributed by atoms with Gasteiger partial charge in [0.1, 0.15) is 0 Å². The van der Waals surface area contributed by atoms with E-state index in [4.69, 9.17) is 4.74 Å². The molecule has 0 rings (SSSR count). The summed E-state index contributed by atoms with van der Waals surface area (Å²) in [5, 5.41) is 3.24. The zero-order valence-corrected chi connectivity index (χ0v) is 11.1. The topological polar surface area (TPSA) is 67.4 Å². The summed E-state index contributed by atoms with van der Waals surface area (Å²) >= 11 is 0. The van der Waals surface area contributed by atoms with Gasteiger partial charge in [-0.15, -0.1) is 0 Å². The van der Waals surface area contributed by atoms with Crippen molar-refractivity contribution in [1.29, 1.82) is 0 Å². The number of rotatable bonds is 11. The maximum atomic E-state index is 11.4. The third kappa shape index (κ3) is 10.4. The molecule has 0 radical (unpaired) electrons. The molecule has 0 aromatic rings. The molecule has 0 aliphatic carbocycles. The Morgan fingerprint density at radius 1 is 1.12 bits per heavy atom. The number of unbranched alkanes of at least 4 members (excludes halogenated alkanes) is 1. The lowest BCUT2D eigenvalue weighted by molar-refractivity contribution is 0.204. The SMILES string of the molecule is CCCNCCCCS(=O)(=O)NCCOC. The van der Waals surface area contributed by atoms with Crippen LogP contribution in [-0.4, -0.2) is 47.5 Å². The van der Waals surface area contributed by atoms with E-state index >= 15 is 0 Å². The van der Waals surface area contributed by atoms with Crippen LogP contribution in [0.1, 0.15) is 26.2 Å². The first-order valence-electron chi connectivity index (χ1n) is 5.79. The van der Waals surface area contributed by atoms with Crippen LogP contribution >= 0.6 is 0 Å². The van der Waals surface area contributed by atoms with E-state index in [-0.39, 0.29) is 5.75 Å². The lowest BCUT2D eigenvalue weighted by Crippen LogP contribution is -2.29. The number of hydrogen-bond acceptors (Lipinski definition) is 4. The lowest BCUT2D eigenvalue weighted by atomic mass is 10.3. The Morgan fingerprint density at radius 3 is 2.50 bits per heavy atom. The Hall–Kier alpha value is -0.170. The predicted molar refractivity (Wildman–Crippen MR) is 66.1 cm³/mol. The average molecular weight is 252 g/mol. The molecule has 0 bridgehead atoms. The number of nitrogens with one attached hydrogen (secondary N) is 2. The van der Waals surface area contributed by atoms with Crippen LogP contribution in [0.15, 0.2) is 0 Å². The van der Waals surface area contributed by atoms with Crippen LogP contribution in [0.4, 0.5) is 0 Å². The molecule has 0 aromatic carbocycles. The molecule has 0 heterocycles. The highest BCUT2D eigenvalue weighted by Crippen LogP contribution is 1.93. The Balaban J connectivity index is 3.43. The maximum Gasteiger partial charge on any atom is 0.211 e. The minimum absolute atomic E-state index is 0.199. The van der Waals surface area contributed by atoms with Gasteiger partial charge in [-0.2, -0.15) is 0 Å². The van der Waals surface area contributed by atoms with E-state index in [0.29, 0.717) is 19.6 Å². The van der Waals surface area contributed by atoms with Gasteiger partial charge in [0.25, 0.3) is 0 Å². The number of methoxy groups -OCH3 is 1. The van der Waals surface area contributed by atoms with Gasteiger partial charge in [-0.1, -0.05) is 6.92 Å². The molecule has 0 aliphatic heterocycles. The van der Waals surface area contributed by atoms with Gasteiger partial charge >= 0.3 is 0 Å². The average Bonchev–Trinajstić information content (AvgIpc) is 2.23. The second kappa shape index (κ2) is 10.0. The fourth-order valence-electron chi connectivity index (χ4n) is 1.22. The van der Waals surface area contributed by atoms with Crippen LogP contribution in [0.25, 0.3) is 0 Å². The minimum atomic E-state index is -3.10. The maximum absolute atomic E-state index is 11.4. The van der Waals surface area contributed by atoms with E-state index in [0.717, 1.165) is 25.9 Å². The fraction of sp³-hybridized carbons (Fsp3) is 1.00. The molecule has 0 saturated carbocycles. The van der Waals surface area contributed by atoms with Crippen LogP contribution in [0, 0.1) is 0 Å². The highest BCUT2D eigenvalue weighted by atomic mass is 32.2. The van der Waals surface area contributed by atoms with E-state index < -0.39 is 10.0 Å². The molecule has 0 aromatic heterocycles. The highest BCUT2D eigenvalue weighted by Gasteiger charge is 2.08. The lowest BCUT2D eigenvalue weighted by Gasteiger charge is -2.06. The monoisotopic (exact) mass is 252 g/mol. The minimum Gasteiger partial charge on any atom is -0.383 e. The summed E-state index contributed by atoms with van der Waals surface area (Å²) in [6.45, 7) is 4.77. The van der Waals surface area contributed by atoms with Crippen molar-refractivity contribution in [2.45, 2.75) is 26.2 Å². The molecule has 98 valence electrons. The summed E-state index contributed by atoms with van der Waals surface area (Å²) in [5.74, 6) is 0.199. The quantitative estimate of drug-likeness (QED) is 0.520. The van der Waals surface area contributed by atoms with E-state index in [9.17, 15) is 8.42 Å². The molecule has 0 amide bonds. The summed E-state index contributed by atoms with van der Waals surface area (Å²) < 4.78 is 30.1. The van der Waals surface area contributed by atoms with Gasteiger partial charge in [0, 0.05) is 13.7 Å². The van der Waals surface area contributed by atoms with Gasteiger partial charge in [-0.05, 0) is 32.4 Å². The van der Waals surface area contributed by atoms with Gasteiger partial charge < -0.3 is 10.1 Å². The van der Waals surface area contributed by atoms with Crippen molar-refractivity contribution in [1.82, 2.24) is 10.0 Å². The van der Waals surface area contributed by atoms with Crippen molar-refractivity contribution in [2.75, 3.05) is 39.1 Å². The first-order valence-corrected chi connectivity index (χ1v) is 7.44. The second-order valence-electron chi connectivity index (χ2n) is 3.66. The zero-order chi connectivity index (χ0) is 12.3. The van der Waals surface area contributed by atoms with E-state index in [1.165, 1.54) is 0 Å². The molecule has 6 heteroatoms. The van der Waals surface area contributed by atoms with Crippen molar-refractivity contribution < 1.29 is 13.2 Å². The van der Waals surface area contributed by atoms with Crippen LogP contribution in [0.5, 0.6) is 0 Å². The number of sulfonamides is 1. The van der Waals surface area contributed by atoms with Crippen LogP contribution in [0.3, 0.4) is 0 Å². The number of hydrogen-bond donors (Lipinski definition) is 2. The molecular formula is C10H24N2O3S. The van der Waals surface area contributed by atoms with Crippen molar-refractivity contribution in [3.05, 3.63) is 0 Å². The van der Waals surface area contributed by atoms with E-state index in [1.54, 1.807) is 7.11 Å². The van der Waals surface area contributed by atoms with Crippen molar-refractivity contribution in [3.8, 4) is 0 Å². The zero-order valence-electron chi connectivity index (χ0n) is 10.3. The van der Waals surface area contributed by atoms with E-state index in [2.05, 4.69) is 17.0 Å². The molecule has 2 N–H and O–H groups in total. The van der Waals surface area contributed by atoms with Gasteiger partial charge in [0.05, 0.1) is 12.4 Å². The Morgan fingerprint density at radius 2 is 1.88 bits per heavy atom. The molecule has 0 saturated heterocycles. The summed E-state index contributed by atoms with van der Waals surface area (Å²) in [5.41, 5.74) is 0.